The Bertz CT molecular complexity index is 529. The van der Waals surface area contributed by atoms with E-state index in [2.05, 4.69) is 61.5 Å². The van der Waals surface area contributed by atoms with Gasteiger partial charge in [0.1, 0.15) is 5.75 Å². The first kappa shape index (κ1) is 17.7. The van der Waals surface area contributed by atoms with Gasteiger partial charge in [0.05, 0.1) is 4.90 Å². The van der Waals surface area contributed by atoms with E-state index in [4.69, 9.17) is 0 Å². The molecular weight excluding hydrogens is 288 g/mol. The highest BCUT2D eigenvalue weighted by Crippen LogP contribution is 2.52. The van der Waals surface area contributed by atoms with Crippen molar-refractivity contribution in [3.05, 3.63) is 23.3 Å². The Morgan fingerprint density at radius 1 is 0.909 bits per heavy atom. The first-order valence-corrected chi connectivity index (χ1v) is 9.42. The Kier molecular flexibility index (Phi) is 4.92. The van der Waals surface area contributed by atoms with Crippen LogP contribution < -0.4 is 0 Å². The predicted molar refractivity (Wildman–Crippen MR) is 97.8 cm³/mol. The largest absolute Gasteiger partial charge is 0.507 e. The van der Waals surface area contributed by atoms with Gasteiger partial charge in [0.2, 0.25) is 0 Å². The molecule has 1 aromatic rings. The fourth-order valence-electron chi connectivity index (χ4n) is 3.82. The Morgan fingerprint density at radius 2 is 1.41 bits per heavy atom. The van der Waals surface area contributed by atoms with E-state index < -0.39 is 0 Å². The number of aryl methyl sites for hydroxylation is 1. The first-order chi connectivity index (χ1) is 10.0. The zero-order chi connectivity index (χ0) is 16.8. The zero-order valence-electron chi connectivity index (χ0n) is 15.4. The van der Waals surface area contributed by atoms with Gasteiger partial charge in [-0.05, 0) is 53.2 Å². The SMILES string of the molecule is Cc1cc(O)c(SC2C(C)C(C)C(C)C2C)c(C(C)(C)C)c1. The normalized spacial score (nSPS) is 32.5. The van der Waals surface area contributed by atoms with Crippen molar-refractivity contribution >= 4 is 11.8 Å². The Hall–Kier alpha value is -0.630. The van der Waals surface area contributed by atoms with Crippen LogP contribution in [-0.4, -0.2) is 10.4 Å². The van der Waals surface area contributed by atoms with E-state index in [0.29, 0.717) is 22.8 Å². The molecule has 0 heterocycles. The van der Waals surface area contributed by atoms with Gasteiger partial charge in [-0.25, -0.2) is 0 Å². The summed E-state index contributed by atoms with van der Waals surface area (Å²) in [6, 6.07) is 4.16. The predicted octanol–water partition coefficient (Wildman–Crippen LogP) is 6.02. The van der Waals surface area contributed by atoms with Crippen molar-refractivity contribution in [3.63, 3.8) is 0 Å². The summed E-state index contributed by atoms with van der Waals surface area (Å²) in [5.41, 5.74) is 2.47. The monoisotopic (exact) mass is 320 g/mol. The summed E-state index contributed by atoms with van der Waals surface area (Å²) >= 11 is 1.91. The van der Waals surface area contributed by atoms with E-state index in [1.54, 1.807) is 0 Å². The van der Waals surface area contributed by atoms with E-state index in [-0.39, 0.29) is 5.41 Å². The van der Waals surface area contributed by atoms with Crippen LogP contribution in [0, 0.1) is 30.6 Å². The number of phenols is 1. The number of hydrogen-bond donors (Lipinski definition) is 1. The molecule has 0 saturated heterocycles. The van der Waals surface area contributed by atoms with Crippen molar-refractivity contribution in [2.45, 2.75) is 71.0 Å². The number of rotatable bonds is 2. The number of hydrogen-bond acceptors (Lipinski definition) is 2. The van der Waals surface area contributed by atoms with Crippen LogP contribution >= 0.6 is 11.8 Å². The zero-order valence-corrected chi connectivity index (χ0v) is 16.2. The second kappa shape index (κ2) is 6.11. The molecule has 1 aliphatic carbocycles. The second-order valence-electron chi connectivity index (χ2n) is 8.43. The molecule has 0 aliphatic heterocycles. The van der Waals surface area contributed by atoms with Gasteiger partial charge in [0.25, 0.3) is 0 Å². The minimum atomic E-state index is 0.0497. The molecule has 0 aromatic heterocycles. The summed E-state index contributed by atoms with van der Waals surface area (Å²) in [4.78, 5) is 1.10. The number of aromatic hydroxyl groups is 1. The molecule has 0 radical (unpaired) electrons. The number of benzene rings is 1. The standard InChI is InChI=1S/C20H32OS/c1-11-9-16(20(6,7)8)19(17(21)10-11)22-18-14(4)12(2)13(3)15(18)5/h9-10,12-15,18,21H,1-8H3. The minimum Gasteiger partial charge on any atom is -0.507 e. The van der Waals surface area contributed by atoms with Crippen molar-refractivity contribution in [2.75, 3.05) is 0 Å². The van der Waals surface area contributed by atoms with E-state index >= 15 is 0 Å². The maximum absolute atomic E-state index is 10.6. The van der Waals surface area contributed by atoms with E-state index in [1.807, 2.05) is 17.8 Å². The van der Waals surface area contributed by atoms with Crippen LogP contribution in [0.15, 0.2) is 17.0 Å². The molecule has 124 valence electrons. The van der Waals surface area contributed by atoms with Gasteiger partial charge in [-0.15, -0.1) is 11.8 Å². The van der Waals surface area contributed by atoms with Crippen molar-refractivity contribution < 1.29 is 5.11 Å². The fourth-order valence-corrected chi connectivity index (χ4v) is 5.69. The Morgan fingerprint density at radius 3 is 1.86 bits per heavy atom. The third kappa shape index (κ3) is 3.18. The molecule has 2 heteroatoms. The van der Waals surface area contributed by atoms with E-state index in [1.165, 1.54) is 5.56 Å². The Labute approximate surface area is 140 Å². The second-order valence-corrected chi connectivity index (χ2v) is 9.62. The lowest BCUT2D eigenvalue weighted by molar-refractivity contribution is 0.352. The molecule has 0 spiro atoms. The first-order valence-electron chi connectivity index (χ1n) is 8.54. The van der Waals surface area contributed by atoms with Gasteiger partial charge in [0, 0.05) is 5.25 Å². The minimum absolute atomic E-state index is 0.0497. The number of thioether (sulfide) groups is 1. The van der Waals surface area contributed by atoms with Crippen LogP contribution in [0.4, 0.5) is 0 Å². The van der Waals surface area contributed by atoms with Crippen molar-refractivity contribution in [2.24, 2.45) is 23.7 Å². The lowest BCUT2D eigenvalue weighted by Crippen LogP contribution is -2.18. The van der Waals surface area contributed by atoms with Gasteiger partial charge >= 0.3 is 0 Å². The molecule has 1 aromatic carbocycles. The van der Waals surface area contributed by atoms with Crippen molar-refractivity contribution in [3.8, 4) is 5.75 Å². The quantitative estimate of drug-likeness (QED) is 0.719. The van der Waals surface area contributed by atoms with Crippen LogP contribution in [0.5, 0.6) is 5.75 Å². The summed E-state index contributed by atoms with van der Waals surface area (Å²) in [5.74, 6) is 3.32. The van der Waals surface area contributed by atoms with Crippen molar-refractivity contribution in [1.82, 2.24) is 0 Å². The van der Waals surface area contributed by atoms with Gasteiger partial charge < -0.3 is 5.11 Å². The number of phenolic OH excluding ortho intramolecular Hbond substituents is 1. The van der Waals surface area contributed by atoms with Crippen LogP contribution in [0.1, 0.15) is 59.6 Å². The molecule has 22 heavy (non-hydrogen) atoms. The molecule has 0 amide bonds. The molecule has 1 fully saturated rings. The van der Waals surface area contributed by atoms with E-state index in [0.717, 1.165) is 22.3 Å². The molecule has 1 nitrogen and oxygen atoms in total. The average molecular weight is 321 g/mol. The molecule has 1 saturated carbocycles. The average Bonchev–Trinajstić information content (AvgIpc) is 2.57. The van der Waals surface area contributed by atoms with Gasteiger partial charge in [0.15, 0.2) is 0 Å². The summed E-state index contributed by atoms with van der Waals surface area (Å²) in [7, 11) is 0. The summed E-state index contributed by atoms with van der Waals surface area (Å²) in [5, 5.41) is 11.2. The maximum atomic E-state index is 10.6. The van der Waals surface area contributed by atoms with Crippen LogP contribution in [-0.2, 0) is 5.41 Å². The molecule has 4 unspecified atom stereocenters. The topological polar surface area (TPSA) is 20.2 Å². The molecule has 1 aliphatic rings. The van der Waals surface area contributed by atoms with Crippen LogP contribution in [0.3, 0.4) is 0 Å². The lowest BCUT2D eigenvalue weighted by Gasteiger charge is -2.28. The highest BCUT2D eigenvalue weighted by molar-refractivity contribution is 8.00. The third-order valence-electron chi connectivity index (χ3n) is 5.80. The van der Waals surface area contributed by atoms with Crippen molar-refractivity contribution in [1.29, 1.82) is 0 Å². The van der Waals surface area contributed by atoms with Gasteiger partial charge in [-0.3, -0.25) is 0 Å². The highest BCUT2D eigenvalue weighted by Gasteiger charge is 2.42. The highest BCUT2D eigenvalue weighted by atomic mass is 32.2. The van der Waals surface area contributed by atoms with Gasteiger partial charge in [-0.1, -0.05) is 54.5 Å². The molecule has 0 bridgehead atoms. The van der Waals surface area contributed by atoms with Gasteiger partial charge in [-0.2, -0.15) is 0 Å². The molecule has 2 rings (SSSR count). The lowest BCUT2D eigenvalue weighted by atomic mass is 9.86. The smallest absolute Gasteiger partial charge is 0.129 e. The summed E-state index contributed by atoms with van der Waals surface area (Å²) < 4.78 is 0. The van der Waals surface area contributed by atoms with E-state index in [9.17, 15) is 5.11 Å². The summed E-state index contributed by atoms with van der Waals surface area (Å²) in [6.07, 6.45) is 0. The third-order valence-corrected chi connectivity index (χ3v) is 7.60. The molecular formula is C20H32OS. The summed E-state index contributed by atoms with van der Waals surface area (Å²) in [6.45, 7) is 18.3. The van der Waals surface area contributed by atoms with Crippen LogP contribution in [0.25, 0.3) is 0 Å². The maximum Gasteiger partial charge on any atom is 0.129 e. The van der Waals surface area contributed by atoms with Crippen LogP contribution in [0.2, 0.25) is 0 Å². The molecule has 1 N–H and O–H groups in total. The molecule has 4 atom stereocenters. The Balaban J connectivity index is 2.42. The fraction of sp³-hybridized carbons (Fsp3) is 0.700.